The number of nitrogens with one attached hydrogen (secondary N) is 3. The van der Waals surface area contributed by atoms with Gasteiger partial charge in [-0.15, -0.1) is 0 Å². The molecule has 0 atom stereocenters. The van der Waals surface area contributed by atoms with E-state index in [4.69, 9.17) is 4.74 Å². The zero-order valence-corrected chi connectivity index (χ0v) is 19.0. The molecule has 0 spiro atoms. The van der Waals surface area contributed by atoms with E-state index >= 15 is 0 Å². The van der Waals surface area contributed by atoms with Gasteiger partial charge in [-0.3, -0.25) is 4.79 Å². The molecular weight excluding hydrogens is 393 g/mol. The first-order valence-corrected chi connectivity index (χ1v) is 11.3. The van der Waals surface area contributed by atoms with Crippen molar-refractivity contribution in [2.45, 2.75) is 32.6 Å². The third kappa shape index (κ3) is 7.64. The first-order valence-electron chi connectivity index (χ1n) is 11.3. The van der Waals surface area contributed by atoms with E-state index < -0.39 is 0 Å². The van der Waals surface area contributed by atoms with E-state index in [9.17, 15) is 9.18 Å². The summed E-state index contributed by atoms with van der Waals surface area (Å²) in [6, 6.07) is 14.4. The van der Waals surface area contributed by atoms with Crippen LogP contribution < -0.4 is 19.9 Å². The molecule has 3 rings (SSSR count). The molecule has 2 aromatic carbocycles. The van der Waals surface area contributed by atoms with E-state index in [-0.39, 0.29) is 17.1 Å². The molecule has 0 aliphatic carbocycles. The standard InChI is InChI=1S/C25H34FN3O2/c1-25(2,3)20-8-10-23(11-9-20)31-17-5-12-28-13-15-29(16-14-28)19-24(30)27-22-7-4-6-21(26)18-22/h4,6-11,18H,5,12-17,19H2,1-3H3,(H,27,30)/p+2. The number of carbonyl (C=O) groups excluding carboxylic acids is 1. The molecular formula is C25H36FN3O2+2. The number of ether oxygens (including phenoxy) is 1. The fourth-order valence-corrected chi connectivity index (χ4v) is 3.95. The average Bonchev–Trinajstić information content (AvgIpc) is 2.72. The van der Waals surface area contributed by atoms with E-state index in [1.54, 1.807) is 17.0 Å². The highest BCUT2D eigenvalue weighted by Gasteiger charge is 2.24. The second-order valence-electron chi connectivity index (χ2n) is 9.46. The summed E-state index contributed by atoms with van der Waals surface area (Å²) in [5, 5.41) is 2.79. The molecule has 0 bridgehead atoms. The maximum atomic E-state index is 13.2. The molecule has 0 unspecified atom stereocenters. The summed E-state index contributed by atoms with van der Waals surface area (Å²) in [4.78, 5) is 15.1. The normalized spacial score (nSPS) is 19.1. The summed E-state index contributed by atoms with van der Waals surface area (Å²) in [7, 11) is 0. The lowest BCUT2D eigenvalue weighted by molar-refractivity contribution is -1.01. The number of halogens is 1. The molecule has 1 heterocycles. The van der Waals surface area contributed by atoms with E-state index in [1.807, 2.05) is 0 Å². The van der Waals surface area contributed by atoms with Crippen LogP contribution in [0.4, 0.5) is 10.1 Å². The van der Waals surface area contributed by atoms with E-state index in [2.05, 4.69) is 50.4 Å². The van der Waals surface area contributed by atoms with Crippen molar-refractivity contribution in [3.05, 3.63) is 59.9 Å². The van der Waals surface area contributed by atoms with Gasteiger partial charge in [0.1, 0.15) is 37.7 Å². The van der Waals surface area contributed by atoms with Crippen LogP contribution in [0.25, 0.3) is 0 Å². The molecule has 1 aliphatic heterocycles. The van der Waals surface area contributed by atoms with Crippen molar-refractivity contribution in [2.24, 2.45) is 0 Å². The molecule has 6 heteroatoms. The smallest absolute Gasteiger partial charge is 0.279 e. The first kappa shape index (κ1) is 23.2. The molecule has 2 aromatic rings. The lowest BCUT2D eigenvalue weighted by atomic mass is 9.87. The third-order valence-electron chi connectivity index (χ3n) is 5.85. The molecule has 0 saturated carbocycles. The Morgan fingerprint density at radius 2 is 1.71 bits per heavy atom. The largest absolute Gasteiger partial charge is 0.493 e. The van der Waals surface area contributed by atoms with E-state index in [0.29, 0.717) is 12.2 Å². The second-order valence-corrected chi connectivity index (χ2v) is 9.46. The van der Waals surface area contributed by atoms with Crippen LogP contribution in [0.15, 0.2) is 48.5 Å². The number of carbonyl (C=O) groups is 1. The van der Waals surface area contributed by atoms with Crippen molar-refractivity contribution >= 4 is 11.6 Å². The summed E-state index contributed by atoms with van der Waals surface area (Å²) in [6.07, 6.45) is 1.02. The predicted octanol–water partition coefficient (Wildman–Crippen LogP) is 1.31. The fraction of sp³-hybridized carbons (Fsp3) is 0.480. The number of rotatable bonds is 8. The molecule has 1 aliphatic rings. The third-order valence-corrected chi connectivity index (χ3v) is 5.85. The minimum absolute atomic E-state index is 0.0603. The Hall–Kier alpha value is -2.44. The van der Waals surface area contributed by atoms with Gasteiger partial charge < -0.3 is 19.9 Å². The molecule has 3 N–H and O–H groups in total. The Bertz CT molecular complexity index is 841. The Morgan fingerprint density at radius 3 is 2.35 bits per heavy atom. The van der Waals surface area contributed by atoms with E-state index in [0.717, 1.165) is 51.5 Å². The van der Waals surface area contributed by atoms with Gasteiger partial charge in [-0.2, -0.15) is 0 Å². The van der Waals surface area contributed by atoms with Crippen molar-refractivity contribution in [2.75, 3.05) is 51.2 Å². The SMILES string of the molecule is CC(C)(C)c1ccc(OCCC[NH+]2CC[NH+](CC(=O)Nc3cccc(F)c3)CC2)cc1. The topological polar surface area (TPSA) is 47.2 Å². The molecule has 0 radical (unpaired) electrons. The molecule has 31 heavy (non-hydrogen) atoms. The summed E-state index contributed by atoms with van der Waals surface area (Å²) in [5.41, 5.74) is 1.99. The predicted molar refractivity (Wildman–Crippen MR) is 121 cm³/mol. The van der Waals surface area contributed by atoms with Gasteiger partial charge in [-0.05, 0) is 41.3 Å². The van der Waals surface area contributed by atoms with Crippen molar-refractivity contribution in [3.63, 3.8) is 0 Å². The van der Waals surface area contributed by atoms with Crippen LogP contribution in [0.3, 0.4) is 0 Å². The van der Waals surface area contributed by atoms with Gasteiger partial charge in [0.25, 0.3) is 5.91 Å². The summed E-state index contributed by atoms with van der Waals surface area (Å²) in [6.45, 7) is 12.9. The number of hydrogen-bond donors (Lipinski definition) is 3. The average molecular weight is 430 g/mol. The molecule has 5 nitrogen and oxygen atoms in total. The number of anilines is 1. The highest BCUT2D eigenvalue weighted by molar-refractivity contribution is 5.91. The highest BCUT2D eigenvalue weighted by atomic mass is 19.1. The van der Waals surface area contributed by atoms with Gasteiger partial charge in [0, 0.05) is 12.1 Å². The Kier molecular flexibility index (Phi) is 8.04. The molecule has 1 amide bonds. The summed E-state index contributed by atoms with van der Waals surface area (Å²) in [5.74, 6) is 0.532. The van der Waals surface area contributed by atoms with Crippen molar-refractivity contribution in [1.29, 1.82) is 0 Å². The van der Waals surface area contributed by atoms with Crippen LogP contribution in [0, 0.1) is 5.82 Å². The van der Waals surface area contributed by atoms with Crippen molar-refractivity contribution < 1.29 is 23.7 Å². The van der Waals surface area contributed by atoms with Gasteiger partial charge in [-0.25, -0.2) is 4.39 Å². The zero-order valence-electron chi connectivity index (χ0n) is 19.0. The monoisotopic (exact) mass is 429 g/mol. The van der Waals surface area contributed by atoms with Crippen LogP contribution in [0.1, 0.15) is 32.8 Å². The number of amides is 1. The molecule has 1 saturated heterocycles. The molecule has 168 valence electrons. The maximum Gasteiger partial charge on any atom is 0.279 e. The number of hydrogen-bond acceptors (Lipinski definition) is 2. The van der Waals surface area contributed by atoms with Gasteiger partial charge in [0.2, 0.25) is 0 Å². The van der Waals surface area contributed by atoms with Crippen LogP contribution in [-0.4, -0.2) is 51.8 Å². The van der Waals surface area contributed by atoms with Crippen molar-refractivity contribution in [3.8, 4) is 5.75 Å². The zero-order chi connectivity index (χ0) is 22.3. The van der Waals surface area contributed by atoms with Gasteiger partial charge in [0.05, 0.1) is 13.2 Å². The lowest BCUT2D eigenvalue weighted by Gasteiger charge is -2.29. The highest BCUT2D eigenvalue weighted by Crippen LogP contribution is 2.24. The minimum atomic E-state index is -0.340. The van der Waals surface area contributed by atoms with Crippen LogP contribution in [0.2, 0.25) is 0 Å². The Morgan fingerprint density at radius 1 is 1.03 bits per heavy atom. The van der Waals surface area contributed by atoms with Crippen molar-refractivity contribution in [1.82, 2.24) is 0 Å². The minimum Gasteiger partial charge on any atom is -0.493 e. The van der Waals surface area contributed by atoms with Crippen LogP contribution in [0.5, 0.6) is 5.75 Å². The fourth-order valence-electron chi connectivity index (χ4n) is 3.95. The van der Waals surface area contributed by atoms with E-state index in [1.165, 1.54) is 22.6 Å². The Balaban J connectivity index is 1.30. The number of benzene rings is 2. The quantitative estimate of drug-likeness (QED) is 0.555. The molecule has 0 aromatic heterocycles. The van der Waals surface area contributed by atoms with Crippen LogP contribution in [-0.2, 0) is 10.2 Å². The lowest BCUT2D eigenvalue weighted by Crippen LogP contribution is -3.28. The van der Waals surface area contributed by atoms with Gasteiger partial charge >= 0.3 is 0 Å². The summed E-state index contributed by atoms with van der Waals surface area (Å²) < 4.78 is 19.1. The van der Waals surface area contributed by atoms with Gasteiger partial charge in [-0.1, -0.05) is 39.0 Å². The van der Waals surface area contributed by atoms with Crippen LogP contribution >= 0.6 is 0 Å². The second kappa shape index (κ2) is 10.7. The van der Waals surface area contributed by atoms with Gasteiger partial charge in [0.15, 0.2) is 6.54 Å². The Labute approximate surface area is 185 Å². The summed E-state index contributed by atoms with van der Waals surface area (Å²) >= 11 is 0. The maximum absolute atomic E-state index is 13.2. The number of quaternary nitrogens is 2. The number of piperazine rings is 1. The molecule has 1 fully saturated rings. The first-order chi connectivity index (χ1) is 14.8.